The molecule has 116 valence electrons. The molecule has 0 amide bonds. The van der Waals surface area contributed by atoms with Crippen molar-refractivity contribution >= 4 is 5.97 Å². The van der Waals surface area contributed by atoms with Gasteiger partial charge in [0.05, 0.1) is 11.0 Å². The van der Waals surface area contributed by atoms with Crippen molar-refractivity contribution in [1.82, 2.24) is 0 Å². The van der Waals surface area contributed by atoms with Crippen molar-refractivity contribution in [3.63, 3.8) is 0 Å². The van der Waals surface area contributed by atoms with Crippen molar-refractivity contribution in [2.45, 2.75) is 78.7 Å². The third-order valence-corrected chi connectivity index (χ3v) is 4.53. The Morgan fingerprint density at radius 3 is 2.75 bits per heavy atom. The molecule has 2 unspecified atom stereocenters. The van der Waals surface area contributed by atoms with Crippen molar-refractivity contribution in [2.24, 2.45) is 11.3 Å². The molecule has 3 heteroatoms. The van der Waals surface area contributed by atoms with Gasteiger partial charge in [-0.1, -0.05) is 20.8 Å². The summed E-state index contributed by atoms with van der Waals surface area (Å²) in [5.41, 5.74) is -1.08. The molecule has 1 saturated carbocycles. The molecular weight excluding hydrogens is 252 g/mol. The Morgan fingerprint density at radius 1 is 1.50 bits per heavy atom. The van der Waals surface area contributed by atoms with E-state index in [1.165, 1.54) is 0 Å². The highest BCUT2D eigenvalue weighted by Crippen LogP contribution is 2.43. The molecule has 2 atom stereocenters. The minimum Gasteiger partial charge on any atom is -0.431 e. The van der Waals surface area contributed by atoms with Gasteiger partial charge >= 0.3 is 5.97 Å². The van der Waals surface area contributed by atoms with Crippen LogP contribution in [0, 0.1) is 11.3 Å². The summed E-state index contributed by atoms with van der Waals surface area (Å²) in [7, 11) is 0. The van der Waals surface area contributed by atoms with Gasteiger partial charge in [0.15, 0.2) is 0 Å². The van der Waals surface area contributed by atoms with E-state index in [0.29, 0.717) is 18.1 Å². The Hall–Kier alpha value is -0.830. The molecule has 0 aliphatic heterocycles. The fourth-order valence-electron chi connectivity index (χ4n) is 2.75. The molecule has 0 radical (unpaired) electrons. The predicted molar refractivity (Wildman–Crippen MR) is 81.1 cm³/mol. The number of hydrogen-bond donors (Lipinski definition) is 1. The van der Waals surface area contributed by atoms with Crippen LogP contribution >= 0.6 is 0 Å². The number of carbonyl (C=O) groups excluding carboxylic acids is 1. The lowest BCUT2D eigenvalue weighted by Crippen LogP contribution is -2.29. The fraction of sp³-hybridized carbons (Fsp3) is 0.824. The van der Waals surface area contributed by atoms with Gasteiger partial charge in [0.25, 0.3) is 0 Å². The first-order chi connectivity index (χ1) is 9.35. The highest BCUT2D eigenvalue weighted by Gasteiger charge is 2.40. The fourth-order valence-corrected chi connectivity index (χ4v) is 2.75. The molecule has 2 aliphatic rings. The molecular formula is C17H30O3. The lowest BCUT2D eigenvalue weighted by molar-refractivity contribution is -0.150. The normalized spacial score (nSPS) is 28.9. The summed E-state index contributed by atoms with van der Waals surface area (Å²) < 4.78 is 5.51. The number of carbonyl (C=O) groups is 1. The lowest BCUT2D eigenvalue weighted by atomic mass is 9.90. The molecule has 1 N–H and O–H groups in total. The van der Waals surface area contributed by atoms with E-state index < -0.39 is 11.0 Å². The molecule has 20 heavy (non-hydrogen) atoms. The second kappa shape index (κ2) is 6.75. The van der Waals surface area contributed by atoms with E-state index in [0.717, 1.165) is 32.1 Å². The van der Waals surface area contributed by atoms with Gasteiger partial charge in [-0.15, -0.1) is 0 Å². The average molecular weight is 282 g/mol. The average Bonchev–Trinajstić information content (AvgIpc) is 2.70. The Balaban J connectivity index is 0.000000956. The number of aliphatic hydroxyl groups is 1. The minimum absolute atomic E-state index is 0.183. The smallest absolute Gasteiger partial charge is 0.316 e. The predicted octanol–water partition coefficient (Wildman–Crippen LogP) is 4.20. The van der Waals surface area contributed by atoms with Crippen LogP contribution in [0.5, 0.6) is 0 Å². The van der Waals surface area contributed by atoms with Gasteiger partial charge in [-0.05, 0) is 57.9 Å². The standard InChI is InChI=1S/C15H24O3.C2H6/c1-4-14(2,3)13(16)18-12-6-5-11-7-8-15(17,9-11)10-12;1-2/h6,11,17H,4-5,7-10H2,1-3H3;1-2H3. The summed E-state index contributed by atoms with van der Waals surface area (Å²) in [6.45, 7) is 9.78. The van der Waals surface area contributed by atoms with Crippen LogP contribution in [0.15, 0.2) is 11.8 Å². The maximum absolute atomic E-state index is 12.0. The van der Waals surface area contributed by atoms with Gasteiger partial charge in [-0.25, -0.2) is 0 Å². The molecule has 1 fully saturated rings. The quantitative estimate of drug-likeness (QED) is 0.789. The summed E-state index contributed by atoms with van der Waals surface area (Å²) in [6, 6.07) is 0. The van der Waals surface area contributed by atoms with E-state index in [2.05, 4.69) is 0 Å². The molecule has 0 heterocycles. The highest BCUT2D eigenvalue weighted by atomic mass is 16.5. The van der Waals surface area contributed by atoms with Crippen molar-refractivity contribution in [1.29, 1.82) is 0 Å². The third kappa shape index (κ3) is 4.08. The Kier molecular flexibility index (Phi) is 5.81. The van der Waals surface area contributed by atoms with Crippen molar-refractivity contribution < 1.29 is 14.6 Å². The first-order valence-corrected chi connectivity index (χ1v) is 7.98. The SMILES string of the molecule is CC.CCC(C)(C)C(=O)OC1=CCC2CCC(O)(C1)C2. The number of esters is 1. The summed E-state index contributed by atoms with van der Waals surface area (Å²) in [4.78, 5) is 12.0. The number of ether oxygens (including phenoxy) is 1. The number of hydrogen-bond acceptors (Lipinski definition) is 3. The number of allylic oxidation sites excluding steroid dienone is 1. The highest BCUT2D eigenvalue weighted by molar-refractivity contribution is 5.76. The maximum Gasteiger partial charge on any atom is 0.316 e. The van der Waals surface area contributed by atoms with E-state index in [4.69, 9.17) is 4.74 Å². The number of fused-ring (bicyclic) bond motifs is 2. The van der Waals surface area contributed by atoms with Gasteiger partial charge in [0, 0.05) is 6.42 Å². The molecule has 3 nitrogen and oxygen atoms in total. The maximum atomic E-state index is 12.0. The molecule has 0 aromatic rings. The summed E-state index contributed by atoms with van der Waals surface area (Å²) in [5, 5.41) is 10.4. The van der Waals surface area contributed by atoms with Crippen molar-refractivity contribution in [3.05, 3.63) is 11.8 Å². The molecule has 0 saturated heterocycles. The van der Waals surface area contributed by atoms with Gasteiger partial charge in [0.1, 0.15) is 5.76 Å². The zero-order valence-corrected chi connectivity index (χ0v) is 13.7. The lowest BCUT2D eigenvalue weighted by Gasteiger charge is -2.25. The molecule has 2 bridgehead atoms. The summed E-state index contributed by atoms with van der Waals surface area (Å²) >= 11 is 0. The Bertz CT molecular complexity index is 370. The van der Waals surface area contributed by atoms with Crippen LogP contribution in [0.2, 0.25) is 0 Å². The van der Waals surface area contributed by atoms with E-state index in [-0.39, 0.29) is 5.97 Å². The van der Waals surface area contributed by atoms with E-state index in [1.807, 2.05) is 40.7 Å². The van der Waals surface area contributed by atoms with Crippen LogP contribution < -0.4 is 0 Å². The van der Waals surface area contributed by atoms with Crippen LogP contribution in [0.25, 0.3) is 0 Å². The third-order valence-electron chi connectivity index (χ3n) is 4.53. The minimum atomic E-state index is -0.635. The largest absolute Gasteiger partial charge is 0.431 e. The van der Waals surface area contributed by atoms with E-state index >= 15 is 0 Å². The monoisotopic (exact) mass is 282 g/mol. The molecule has 0 aromatic heterocycles. The second-order valence-corrected chi connectivity index (χ2v) is 6.54. The van der Waals surface area contributed by atoms with Gasteiger partial charge in [-0.2, -0.15) is 0 Å². The topological polar surface area (TPSA) is 46.5 Å². The van der Waals surface area contributed by atoms with Gasteiger partial charge < -0.3 is 9.84 Å². The zero-order chi connectivity index (χ0) is 15.4. The van der Waals surface area contributed by atoms with Crippen LogP contribution in [-0.2, 0) is 9.53 Å². The first kappa shape index (κ1) is 17.2. The zero-order valence-electron chi connectivity index (χ0n) is 13.7. The summed E-state index contributed by atoms with van der Waals surface area (Å²) in [6.07, 6.45) is 6.96. The molecule has 0 aromatic carbocycles. The first-order valence-electron chi connectivity index (χ1n) is 7.98. The van der Waals surface area contributed by atoms with E-state index in [1.54, 1.807) is 0 Å². The molecule has 2 aliphatic carbocycles. The molecule has 2 rings (SSSR count). The van der Waals surface area contributed by atoms with Crippen LogP contribution in [0.1, 0.15) is 73.1 Å². The van der Waals surface area contributed by atoms with Gasteiger partial charge in [0.2, 0.25) is 0 Å². The number of rotatable bonds is 3. The van der Waals surface area contributed by atoms with Gasteiger partial charge in [-0.3, -0.25) is 4.79 Å². The Morgan fingerprint density at radius 2 is 2.15 bits per heavy atom. The van der Waals surface area contributed by atoms with E-state index in [9.17, 15) is 9.90 Å². The van der Waals surface area contributed by atoms with Crippen molar-refractivity contribution in [3.8, 4) is 0 Å². The van der Waals surface area contributed by atoms with Crippen LogP contribution in [0.3, 0.4) is 0 Å². The molecule has 0 spiro atoms. The Labute approximate surface area is 123 Å². The van der Waals surface area contributed by atoms with Crippen LogP contribution in [0.4, 0.5) is 0 Å². The second-order valence-electron chi connectivity index (χ2n) is 6.54. The van der Waals surface area contributed by atoms with Crippen LogP contribution in [-0.4, -0.2) is 16.7 Å². The summed E-state index contributed by atoms with van der Waals surface area (Å²) in [5.74, 6) is 1.05. The van der Waals surface area contributed by atoms with Crippen molar-refractivity contribution in [2.75, 3.05) is 0 Å².